The molecule has 0 amide bonds. The third kappa shape index (κ3) is 2.67. The van der Waals surface area contributed by atoms with Gasteiger partial charge in [-0.05, 0) is 19.4 Å². The molecule has 1 aliphatic heterocycles. The molecule has 1 aromatic carbocycles. The zero-order valence-corrected chi connectivity index (χ0v) is 11.7. The standard InChI is InChI=1S/C15H16FN3O2/c1-9-17-13-8-19(6-5-11(13)15(21)18-9)7-10-3-2-4-12(16)14(10)20/h2-4,20H,5-8H2,1H3,(H,17,18,21). The summed E-state index contributed by atoms with van der Waals surface area (Å²) in [5.74, 6) is -0.331. The van der Waals surface area contributed by atoms with Gasteiger partial charge < -0.3 is 10.1 Å². The molecule has 6 heteroatoms. The highest BCUT2D eigenvalue weighted by molar-refractivity contribution is 5.33. The summed E-state index contributed by atoms with van der Waals surface area (Å²) in [6.07, 6.45) is 0.605. The van der Waals surface area contributed by atoms with Gasteiger partial charge in [0.25, 0.3) is 5.56 Å². The quantitative estimate of drug-likeness (QED) is 0.878. The Morgan fingerprint density at radius 1 is 1.48 bits per heavy atom. The van der Waals surface area contributed by atoms with Gasteiger partial charge in [-0.1, -0.05) is 12.1 Å². The van der Waals surface area contributed by atoms with E-state index in [4.69, 9.17) is 0 Å². The van der Waals surface area contributed by atoms with Gasteiger partial charge in [-0.15, -0.1) is 0 Å². The minimum Gasteiger partial charge on any atom is -0.505 e. The van der Waals surface area contributed by atoms with Crippen molar-refractivity contribution in [3.63, 3.8) is 0 Å². The van der Waals surface area contributed by atoms with E-state index in [9.17, 15) is 14.3 Å². The maximum Gasteiger partial charge on any atom is 0.254 e. The largest absolute Gasteiger partial charge is 0.505 e. The Labute approximate surface area is 121 Å². The van der Waals surface area contributed by atoms with Crippen LogP contribution in [0.15, 0.2) is 23.0 Å². The second-order valence-electron chi connectivity index (χ2n) is 5.28. The number of phenols is 1. The topological polar surface area (TPSA) is 69.2 Å². The summed E-state index contributed by atoms with van der Waals surface area (Å²) in [4.78, 5) is 21.0. The Balaban J connectivity index is 1.84. The van der Waals surface area contributed by atoms with Crippen molar-refractivity contribution in [2.75, 3.05) is 6.54 Å². The van der Waals surface area contributed by atoms with Gasteiger partial charge in [-0.3, -0.25) is 9.69 Å². The van der Waals surface area contributed by atoms with Crippen molar-refractivity contribution in [1.29, 1.82) is 0 Å². The first-order valence-corrected chi connectivity index (χ1v) is 6.82. The normalized spacial score (nSPS) is 15.0. The Hall–Kier alpha value is -2.21. The molecule has 5 nitrogen and oxygen atoms in total. The molecule has 0 aliphatic carbocycles. The van der Waals surface area contributed by atoms with Crippen LogP contribution in [0.3, 0.4) is 0 Å². The molecule has 2 heterocycles. The molecule has 0 bridgehead atoms. The number of phenolic OH excluding ortho intramolecular Hbond substituents is 1. The summed E-state index contributed by atoms with van der Waals surface area (Å²) in [7, 11) is 0. The molecule has 0 fully saturated rings. The Morgan fingerprint density at radius 2 is 2.29 bits per heavy atom. The molecule has 2 aromatic rings. The number of halogens is 1. The fraction of sp³-hybridized carbons (Fsp3) is 0.333. The molecule has 0 unspecified atom stereocenters. The van der Waals surface area contributed by atoms with Gasteiger partial charge in [0.1, 0.15) is 5.82 Å². The molecule has 0 radical (unpaired) electrons. The lowest BCUT2D eigenvalue weighted by atomic mass is 10.1. The minimum atomic E-state index is -0.615. The van der Waals surface area contributed by atoms with E-state index in [1.165, 1.54) is 6.07 Å². The van der Waals surface area contributed by atoms with Crippen molar-refractivity contribution >= 4 is 0 Å². The highest BCUT2D eigenvalue weighted by Gasteiger charge is 2.21. The van der Waals surface area contributed by atoms with Gasteiger partial charge >= 0.3 is 0 Å². The van der Waals surface area contributed by atoms with E-state index in [-0.39, 0.29) is 11.3 Å². The van der Waals surface area contributed by atoms with Crippen LogP contribution in [-0.4, -0.2) is 26.5 Å². The summed E-state index contributed by atoms with van der Waals surface area (Å²) in [6, 6.07) is 4.51. The fourth-order valence-corrected chi connectivity index (χ4v) is 2.68. The zero-order valence-electron chi connectivity index (χ0n) is 11.7. The van der Waals surface area contributed by atoms with Crippen LogP contribution in [0, 0.1) is 12.7 Å². The summed E-state index contributed by atoms with van der Waals surface area (Å²) in [5, 5.41) is 9.74. The fourth-order valence-electron chi connectivity index (χ4n) is 2.68. The van der Waals surface area contributed by atoms with E-state index in [1.807, 2.05) is 4.90 Å². The van der Waals surface area contributed by atoms with E-state index in [1.54, 1.807) is 19.1 Å². The van der Waals surface area contributed by atoms with Gasteiger partial charge in [0, 0.05) is 30.8 Å². The van der Waals surface area contributed by atoms with Crippen LogP contribution in [0.5, 0.6) is 5.75 Å². The van der Waals surface area contributed by atoms with E-state index in [2.05, 4.69) is 9.97 Å². The van der Waals surface area contributed by atoms with E-state index >= 15 is 0 Å². The Kier molecular flexibility index (Phi) is 3.47. The number of H-pyrrole nitrogens is 1. The van der Waals surface area contributed by atoms with Crippen LogP contribution in [0.25, 0.3) is 0 Å². The predicted octanol–water partition coefficient (Wildman–Crippen LogP) is 1.48. The van der Waals surface area contributed by atoms with Gasteiger partial charge in [0.05, 0.1) is 5.69 Å². The second-order valence-corrected chi connectivity index (χ2v) is 5.28. The first kappa shape index (κ1) is 13.8. The number of aromatic amines is 1. The molecule has 21 heavy (non-hydrogen) atoms. The average Bonchev–Trinajstić information content (AvgIpc) is 2.43. The minimum absolute atomic E-state index is 0.0780. The smallest absolute Gasteiger partial charge is 0.254 e. The number of fused-ring (bicyclic) bond motifs is 1. The van der Waals surface area contributed by atoms with Crippen LogP contribution in [0.4, 0.5) is 4.39 Å². The first-order valence-electron chi connectivity index (χ1n) is 6.82. The van der Waals surface area contributed by atoms with Crippen molar-refractivity contribution in [1.82, 2.24) is 14.9 Å². The number of para-hydroxylation sites is 1. The number of aromatic hydroxyl groups is 1. The van der Waals surface area contributed by atoms with Gasteiger partial charge in [0.15, 0.2) is 11.6 Å². The first-order chi connectivity index (χ1) is 10.0. The number of aromatic nitrogens is 2. The Morgan fingerprint density at radius 3 is 3.10 bits per heavy atom. The van der Waals surface area contributed by atoms with Crippen LogP contribution < -0.4 is 5.56 Å². The SMILES string of the molecule is Cc1nc2c(c(=O)[nH]1)CCN(Cc1cccc(F)c1O)C2. The summed E-state index contributed by atoms with van der Waals surface area (Å²) >= 11 is 0. The molecule has 0 saturated carbocycles. The Bertz CT molecular complexity index is 742. The lowest BCUT2D eigenvalue weighted by molar-refractivity contribution is 0.236. The highest BCUT2D eigenvalue weighted by Crippen LogP contribution is 2.24. The number of benzene rings is 1. The predicted molar refractivity (Wildman–Crippen MR) is 75.5 cm³/mol. The molecule has 2 N–H and O–H groups in total. The van der Waals surface area contributed by atoms with Crippen molar-refractivity contribution in [3.8, 4) is 5.75 Å². The number of hydrogen-bond donors (Lipinski definition) is 2. The highest BCUT2D eigenvalue weighted by atomic mass is 19.1. The molecular formula is C15H16FN3O2. The van der Waals surface area contributed by atoms with Crippen LogP contribution >= 0.6 is 0 Å². The number of aryl methyl sites for hydroxylation is 1. The third-order valence-corrected chi connectivity index (χ3v) is 3.74. The monoisotopic (exact) mass is 289 g/mol. The van der Waals surface area contributed by atoms with E-state index in [0.29, 0.717) is 37.4 Å². The molecular weight excluding hydrogens is 273 g/mol. The maximum atomic E-state index is 13.4. The average molecular weight is 289 g/mol. The maximum absolute atomic E-state index is 13.4. The van der Waals surface area contributed by atoms with Crippen molar-refractivity contribution in [2.24, 2.45) is 0 Å². The molecule has 110 valence electrons. The zero-order chi connectivity index (χ0) is 15.0. The van der Waals surface area contributed by atoms with E-state index in [0.717, 1.165) is 11.3 Å². The van der Waals surface area contributed by atoms with Crippen molar-refractivity contribution < 1.29 is 9.50 Å². The molecule has 0 saturated heterocycles. The summed E-state index contributed by atoms with van der Waals surface area (Å²) in [5.41, 5.74) is 1.95. The van der Waals surface area contributed by atoms with Crippen molar-refractivity contribution in [3.05, 3.63) is 57.0 Å². The van der Waals surface area contributed by atoms with Crippen LogP contribution in [0.2, 0.25) is 0 Å². The number of nitrogens with one attached hydrogen (secondary N) is 1. The van der Waals surface area contributed by atoms with E-state index < -0.39 is 5.82 Å². The lowest BCUT2D eigenvalue weighted by Gasteiger charge is -2.27. The molecule has 3 rings (SSSR count). The third-order valence-electron chi connectivity index (χ3n) is 3.74. The summed E-state index contributed by atoms with van der Waals surface area (Å²) < 4.78 is 13.4. The van der Waals surface area contributed by atoms with Gasteiger partial charge in [0.2, 0.25) is 0 Å². The molecule has 0 atom stereocenters. The van der Waals surface area contributed by atoms with Gasteiger partial charge in [-0.25, -0.2) is 9.37 Å². The van der Waals surface area contributed by atoms with Crippen LogP contribution in [0.1, 0.15) is 22.6 Å². The van der Waals surface area contributed by atoms with Crippen LogP contribution in [-0.2, 0) is 19.5 Å². The van der Waals surface area contributed by atoms with Gasteiger partial charge in [-0.2, -0.15) is 0 Å². The van der Waals surface area contributed by atoms with Crippen molar-refractivity contribution in [2.45, 2.75) is 26.4 Å². The molecule has 1 aromatic heterocycles. The number of rotatable bonds is 2. The number of nitrogens with zero attached hydrogens (tertiary/aromatic N) is 2. The summed E-state index contributed by atoms with van der Waals surface area (Å²) in [6.45, 7) is 3.38. The second kappa shape index (κ2) is 5.29. The lowest BCUT2D eigenvalue weighted by Crippen LogP contribution is -2.35. The number of hydrogen-bond acceptors (Lipinski definition) is 4. The molecule has 1 aliphatic rings. The molecule has 0 spiro atoms.